The van der Waals surface area contributed by atoms with E-state index in [2.05, 4.69) is 17.2 Å². The van der Waals surface area contributed by atoms with Gasteiger partial charge in [-0.15, -0.1) is 0 Å². The highest BCUT2D eigenvalue weighted by molar-refractivity contribution is 5.52. The Kier molecular flexibility index (Phi) is 1.87. The van der Waals surface area contributed by atoms with Crippen LogP contribution < -0.4 is 11.1 Å². The summed E-state index contributed by atoms with van der Waals surface area (Å²) in [5.74, 6) is 0.580. The van der Waals surface area contributed by atoms with Crippen LogP contribution in [0.2, 0.25) is 0 Å². The maximum atomic E-state index is 5.59. The van der Waals surface area contributed by atoms with Crippen LogP contribution in [0.25, 0.3) is 0 Å². The second-order valence-corrected chi connectivity index (χ2v) is 3.73. The zero-order valence-electron chi connectivity index (χ0n) is 7.88. The molecule has 3 heteroatoms. The van der Waals surface area contributed by atoms with Gasteiger partial charge in [-0.1, -0.05) is 6.92 Å². The van der Waals surface area contributed by atoms with E-state index in [4.69, 9.17) is 5.73 Å². The molecule has 0 spiro atoms. The first kappa shape index (κ1) is 8.35. The molecule has 0 radical (unpaired) electrons. The van der Waals surface area contributed by atoms with Crippen molar-refractivity contribution in [2.75, 3.05) is 11.1 Å². The van der Waals surface area contributed by atoms with Crippen molar-refractivity contribution in [2.45, 2.75) is 31.7 Å². The highest BCUT2D eigenvalue weighted by Gasteiger charge is 2.40. The van der Waals surface area contributed by atoms with Gasteiger partial charge in [0.05, 0.1) is 0 Å². The minimum Gasteiger partial charge on any atom is -0.384 e. The van der Waals surface area contributed by atoms with E-state index in [-0.39, 0.29) is 0 Å². The Bertz CT molecular complexity index is 305. The van der Waals surface area contributed by atoms with Crippen molar-refractivity contribution in [3.63, 3.8) is 0 Å². The normalized spacial score (nSPS) is 18.2. The van der Waals surface area contributed by atoms with Crippen LogP contribution in [0.4, 0.5) is 11.5 Å². The summed E-state index contributed by atoms with van der Waals surface area (Å²) >= 11 is 0. The summed E-state index contributed by atoms with van der Waals surface area (Å²) in [7, 11) is 0. The van der Waals surface area contributed by atoms with Crippen molar-refractivity contribution in [1.29, 1.82) is 0 Å². The molecule has 0 aromatic carbocycles. The molecule has 0 atom stereocenters. The largest absolute Gasteiger partial charge is 0.384 e. The number of nitrogens with two attached hydrogens (primary N) is 1. The molecule has 1 aromatic rings. The fourth-order valence-electron chi connectivity index (χ4n) is 1.55. The topological polar surface area (TPSA) is 50.9 Å². The monoisotopic (exact) mass is 177 g/mol. The lowest BCUT2D eigenvalue weighted by Gasteiger charge is -2.16. The van der Waals surface area contributed by atoms with E-state index in [1.165, 1.54) is 19.3 Å². The Morgan fingerprint density at radius 2 is 2.38 bits per heavy atom. The molecular weight excluding hydrogens is 162 g/mol. The summed E-state index contributed by atoms with van der Waals surface area (Å²) in [5.41, 5.74) is 7.03. The molecule has 1 saturated carbocycles. The van der Waals surface area contributed by atoms with E-state index < -0.39 is 0 Å². The van der Waals surface area contributed by atoms with Gasteiger partial charge in [-0.2, -0.15) is 0 Å². The molecule has 2 rings (SSSR count). The fraction of sp³-hybridized carbons (Fsp3) is 0.500. The number of nitrogens with one attached hydrogen (secondary N) is 1. The number of aromatic nitrogens is 1. The van der Waals surface area contributed by atoms with Gasteiger partial charge in [-0.05, 0) is 25.3 Å². The van der Waals surface area contributed by atoms with Gasteiger partial charge in [-0.3, -0.25) is 0 Å². The van der Waals surface area contributed by atoms with E-state index >= 15 is 0 Å². The van der Waals surface area contributed by atoms with Crippen LogP contribution in [0.1, 0.15) is 26.2 Å². The van der Waals surface area contributed by atoms with E-state index in [9.17, 15) is 0 Å². The predicted molar refractivity (Wildman–Crippen MR) is 54.5 cm³/mol. The quantitative estimate of drug-likeness (QED) is 0.742. The van der Waals surface area contributed by atoms with Gasteiger partial charge in [0.25, 0.3) is 0 Å². The summed E-state index contributed by atoms with van der Waals surface area (Å²) in [5, 5.41) is 3.50. The molecular formula is C10H15N3. The first-order valence-electron chi connectivity index (χ1n) is 4.74. The SMILES string of the molecule is CCC1(Nc2ccnc(N)c2)CC1. The van der Waals surface area contributed by atoms with Crippen LogP contribution >= 0.6 is 0 Å². The van der Waals surface area contributed by atoms with Crippen LogP contribution in [0, 0.1) is 0 Å². The highest BCUT2D eigenvalue weighted by atomic mass is 15.0. The van der Waals surface area contributed by atoms with Crippen molar-refractivity contribution < 1.29 is 0 Å². The summed E-state index contributed by atoms with van der Waals surface area (Å²) in [4.78, 5) is 3.95. The zero-order valence-corrected chi connectivity index (χ0v) is 7.88. The van der Waals surface area contributed by atoms with Gasteiger partial charge in [0.15, 0.2) is 0 Å². The molecule has 0 amide bonds. The van der Waals surface area contributed by atoms with Crippen LogP contribution in [-0.2, 0) is 0 Å². The third-order valence-corrected chi connectivity index (χ3v) is 2.72. The van der Waals surface area contributed by atoms with Gasteiger partial charge < -0.3 is 11.1 Å². The lowest BCUT2D eigenvalue weighted by molar-refractivity contribution is 0.702. The molecule has 13 heavy (non-hydrogen) atoms. The molecule has 3 nitrogen and oxygen atoms in total. The van der Waals surface area contributed by atoms with Crippen molar-refractivity contribution in [3.05, 3.63) is 18.3 Å². The molecule has 70 valence electrons. The molecule has 1 aliphatic rings. The van der Waals surface area contributed by atoms with Gasteiger partial charge in [0.1, 0.15) is 5.82 Å². The Morgan fingerprint density at radius 3 is 2.92 bits per heavy atom. The molecule has 0 aliphatic heterocycles. The van der Waals surface area contributed by atoms with E-state index in [1.54, 1.807) is 6.20 Å². The van der Waals surface area contributed by atoms with Crippen LogP contribution in [0.5, 0.6) is 0 Å². The molecule has 1 heterocycles. The molecule has 3 N–H and O–H groups in total. The van der Waals surface area contributed by atoms with Crippen molar-refractivity contribution >= 4 is 11.5 Å². The summed E-state index contributed by atoms with van der Waals surface area (Å²) in [6.07, 6.45) is 5.45. The summed E-state index contributed by atoms with van der Waals surface area (Å²) in [6.45, 7) is 2.21. The van der Waals surface area contributed by atoms with E-state index in [0.29, 0.717) is 11.4 Å². The Hall–Kier alpha value is -1.25. The minimum absolute atomic E-state index is 0.355. The molecule has 0 saturated heterocycles. The lowest BCUT2D eigenvalue weighted by Crippen LogP contribution is -2.19. The van der Waals surface area contributed by atoms with E-state index in [1.807, 2.05) is 12.1 Å². The molecule has 0 bridgehead atoms. The second-order valence-electron chi connectivity index (χ2n) is 3.73. The van der Waals surface area contributed by atoms with Crippen molar-refractivity contribution in [2.24, 2.45) is 0 Å². The Labute approximate surface area is 78.4 Å². The van der Waals surface area contributed by atoms with Gasteiger partial charge in [0.2, 0.25) is 0 Å². The minimum atomic E-state index is 0.355. The van der Waals surface area contributed by atoms with E-state index in [0.717, 1.165) is 5.69 Å². The average Bonchev–Trinajstić information content (AvgIpc) is 2.86. The standard InChI is InChI=1S/C10H15N3/c1-2-10(4-5-10)13-8-3-6-12-9(11)7-8/h3,6-7H,2,4-5H2,1H3,(H3,11,12,13). The van der Waals surface area contributed by atoms with Crippen molar-refractivity contribution in [1.82, 2.24) is 4.98 Å². The summed E-state index contributed by atoms with van der Waals surface area (Å²) < 4.78 is 0. The van der Waals surface area contributed by atoms with Gasteiger partial charge in [0, 0.05) is 23.5 Å². The smallest absolute Gasteiger partial charge is 0.125 e. The fourth-order valence-corrected chi connectivity index (χ4v) is 1.55. The third kappa shape index (κ3) is 1.74. The summed E-state index contributed by atoms with van der Waals surface area (Å²) in [6, 6.07) is 3.85. The van der Waals surface area contributed by atoms with Gasteiger partial charge >= 0.3 is 0 Å². The number of rotatable bonds is 3. The first-order valence-corrected chi connectivity index (χ1v) is 4.74. The average molecular weight is 177 g/mol. The third-order valence-electron chi connectivity index (χ3n) is 2.72. The predicted octanol–water partition coefficient (Wildman–Crippen LogP) is 2.02. The Morgan fingerprint density at radius 1 is 1.62 bits per heavy atom. The molecule has 0 unspecified atom stereocenters. The second kappa shape index (κ2) is 2.91. The number of anilines is 2. The molecule has 1 aliphatic carbocycles. The Balaban J connectivity index is 2.09. The van der Waals surface area contributed by atoms with Crippen LogP contribution in [0.3, 0.4) is 0 Å². The number of hydrogen-bond acceptors (Lipinski definition) is 3. The first-order chi connectivity index (χ1) is 6.24. The van der Waals surface area contributed by atoms with Crippen LogP contribution in [0.15, 0.2) is 18.3 Å². The lowest BCUT2D eigenvalue weighted by atomic mass is 10.2. The van der Waals surface area contributed by atoms with Crippen molar-refractivity contribution in [3.8, 4) is 0 Å². The maximum absolute atomic E-state index is 5.59. The number of nitrogens with zero attached hydrogens (tertiary/aromatic N) is 1. The number of hydrogen-bond donors (Lipinski definition) is 2. The zero-order chi connectivity index (χ0) is 9.31. The number of nitrogen functional groups attached to an aromatic ring is 1. The van der Waals surface area contributed by atoms with Gasteiger partial charge in [-0.25, -0.2) is 4.98 Å². The number of pyridine rings is 1. The molecule has 1 fully saturated rings. The maximum Gasteiger partial charge on any atom is 0.125 e. The highest BCUT2D eigenvalue weighted by Crippen LogP contribution is 2.41. The molecule has 1 aromatic heterocycles. The van der Waals surface area contributed by atoms with Crippen LogP contribution in [-0.4, -0.2) is 10.5 Å².